The predicted molar refractivity (Wildman–Crippen MR) is 106 cm³/mol. The zero-order chi connectivity index (χ0) is 20.1. The number of sulfonamides is 1. The molecule has 0 radical (unpaired) electrons. The Labute approximate surface area is 163 Å². The monoisotopic (exact) mass is 396 g/mol. The van der Waals surface area contributed by atoms with Crippen molar-refractivity contribution in [2.45, 2.75) is 24.3 Å². The molecule has 1 amide bonds. The first-order valence-electron chi connectivity index (χ1n) is 8.69. The van der Waals surface area contributed by atoms with Crippen molar-refractivity contribution in [1.82, 2.24) is 15.3 Å². The smallest absolute Gasteiger partial charge is 0.254 e. The van der Waals surface area contributed by atoms with Crippen LogP contribution >= 0.6 is 0 Å². The van der Waals surface area contributed by atoms with Crippen LogP contribution in [-0.4, -0.2) is 24.3 Å². The van der Waals surface area contributed by atoms with Crippen LogP contribution in [0, 0.1) is 0 Å². The number of primary sulfonamides is 1. The van der Waals surface area contributed by atoms with Crippen molar-refractivity contribution in [3.05, 3.63) is 78.1 Å². The van der Waals surface area contributed by atoms with E-state index in [0.29, 0.717) is 23.4 Å². The van der Waals surface area contributed by atoms with Crippen molar-refractivity contribution in [2.75, 3.05) is 0 Å². The average Bonchev–Trinajstić information content (AvgIpc) is 2.72. The van der Waals surface area contributed by atoms with Crippen molar-refractivity contribution >= 4 is 15.9 Å². The molecule has 1 heterocycles. The van der Waals surface area contributed by atoms with Crippen molar-refractivity contribution in [3.63, 3.8) is 0 Å². The van der Waals surface area contributed by atoms with Crippen molar-refractivity contribution in [3.8, 4) is 11.4 Å². The summed E-state index contributed by atoms with van der Waals surface area (Å²) in [6.07, 6.45) is 3.51. The quantitative estimate of drug-likeness (QED) is 0.665. The first kappa shape index (κ1) is 19.7. The van der Waals surface area contributed by atoms with Crippen LogP contribution in [0.2, 0.25) is 0 Å². The van der Waals surface area contributed by atoms with Gasteiger partial charge < -0.3 is 5.32 Å². The molecular formula is C20H20N4O3S. The molecular weight excluding hydrogens is 376 g/mol. The third kappa shape index (κ3) is 4.59. The zero-order valence-corrected chi connectivity index (χ0v) is 16.1. The molecule has 0 bridgehead atoms. The molecule has 1 atom stereocenters. The maximum Gasteiger partial charge on any atom is 0.254 e. The van der Waals surface area contributed by atoms with E-state index < -0.39 is 10.0 Å². The highest BCUT2D eigenvalue weighted by molar-refractivity contribution is 7.89. The Kier molecular flexibility index (Phi) is 5.81. The average molecular weight is 396 g/mol. The Morgan fingerprint density at radius 2 is 1.75 bits per heavy atom. The summed E-state index contributed by atoms with van der Waals surface area (Å²) in [6.45, 7) is 1.89. The number of rotatable bonds is 6. The number of hydrogen-bond acceptors (Lipinski definition) is 5. The molecule has 3 rings (SSSR count). The van der Waals surface area contributed by atoms with Gasteiger partial charge >= 0.3 is 0 Å². The van der Waals surface area contributed by atoms with Crippen LogP contribution < -0.4 is 10.5 Å². The lowest BCUT2D eigenvalue weighted by atomic mass is 10.0. The molecule has 3 aromatic rings. The van der Waals surface area contributed by atoms with Crippen LogP contribution in [0.5, 0.6) is 0 Å². The summed E-state index contributed by atoms with van der Waals surface area (Å²) in [7, 11) is -3.81. The molecule has 0 saturated carbocycles. The fraction of sp³-hybridized carbons (Fsp3) is 0.150. The number of nitrogens with two attached hydrogens (primary N) is 1. The second kappa shape index (κ2) is 8.28. The lowest BCUT2D eigenvalue weighted by Gasteiger charge is -2.18. The van der Waals surface area contributed by atoms with E-state index >= 15 is 0 Å². The third-order valence-corrected chi connectivity index (χ3v) is 5.16. The first-order valence-corrected chi connectivity index (χ1v) is 10.2. The Hall–Kier alpha value is -3.10. The van der Waals surface area contributed by atoms with Gasteiger partial charge in [-0.2, -0.15) is 0 Å². The second-order valence-corrected chi connectivity index (χ2v) is 7.77. The minimum atomic E-state index is -3.81. The molecule has 2 aromatic carbocycles. The highest BCUT2D eigenvalue weighted by atomic mass is 32.2. The SMILES string of the molecule is CCC(NC(=O)c1cnc(-c2ccccc2)nc1)c1cccc(S(N)(=O)=O)c1. The number of amides is 1. The topological polar surface area (TPSA) is 115 Å². The minimum Gasteiger partial charge on any atom is -0.345 e. The summed E-state index contributed by atoms with van der Waals surface area (Å²) in [5.41, 5.74) is 1.84. The molecule has 0 spiro atoms. The zero-order valence-electron chi connectivity index (χ0n) is 15.2. The van der Waals surface area contributed by atoms with Gasteiger partial charge in [0, 0.05) is 18.0 Å². The van der Waals surface area contributed by atoms with Gasteiger partial charge in [0.2, 0.25) is 10.0 Å². The van der Waals surface area contributed by atoms with Gasteiger partial charge in [0.25, 0.3) is 5.91 Å². The van der Waals surface area contributed by atoms with Gasteiger partial charge in [0.05, 0.1) is 16.5 Å². The molecule has 0 aliphatic carbocycles. The van der Waals surface area contributed by atoms with Gasteiger partial charge in [-0.15, -0.1) is 0 Å². The standard InChI is InChI=1S/C20H20N4O3S/c1-2-18(15-9-6-10-17(11-15)28(21,26)27)24-20(25)16-12-22-19(23-13-16)14-7-4-3-5-8-14/h3-13,18H,2H2,1H3,(H,24,25)(H2,21,26,27). The van der Waals surface area contributed by atoms with Crippen molar-refractivity contribution in [2.24, 2.45) is 5.14 Å². The predicted octanol–water partition coefficient (Wildman–Crippen LogP) is 2.67. The lowest BCUT2D eigenvalue weighted by Crippen LogP contribution is -2.28. The van der Waals surface area contributed by atoms with Crippen molar-refractivity contribution < 1.29 is 13.2 Å². The van der Waals surface area contributed by atoms with Crippen LogP contribution in [-0.2, 0) is 10.0 Å². The van der Waals surface area contributed by atoms with E-state index in [-0.39, 0.29) is 16.8 Å². The fourth-order valence-electron chi connectivity index (χ4n) is 2.75. The van der Waals surface area contributed by atoms with Crippen LogP contribution in [0.4, 0.5) is 0 Å². The maximum absolute atomic E-state index is 12.6. The maximum atomic E-state index is 12.6. The van der Waals surface area contributed by atoms with E-state index in [1.807, 2.05) is 37.3 Å². The largest absolute Gasteiger partial charge is 0.345 e. The van der Waals surface area contributed by atoms with Crippen LogP contribution in [0.3, 0.4) is 0 Å². The summed E-state index contributed by atoms with van der Waals surface area (Å²) in [6, 6.07) is 15.3. The molecule has 0 aliphatic heterocycles. The number of carbonyl (C=O) groups is 1. The number of hydrogen-bond donors (Lipinski definition) is 2. The van der Waals surface area contributed by atoms with Gasteiger partial charge in [-0.3, -0.25) is 4.79 Å². The van der Waals surface area contributed by atoms with Gasteiger partial charge in [-0.1, -0.05) is 49.4 Å². The van der Waals surface area contributed by atoms with Gasteiger partial charge in [-0.25, -0.2) is 23.5 Å². The van der Waals surface area contributed by atoms with E-state index in [1.165, 1.54) is 24.5 Å². The van der Waals surface area contributed by atoms with E-state index in [0.717, 1.165) is 5.56 Å². The van der Waals surface area contributed by atoms with Gasteiger partial charge in [-0.05, 0) is 24.1 Å². The summed E-state index contributed by atoms with van der Waals surface area (Å²) in [5, 5.41) is 8.07. The first-order chi connectivity index (χ1) is 13.4. The summed E-state index contributed by atoms with van der Waals surface area (Å²) >= 11 is 0. The van der Waals surface area contributed by atoms with Crippen LogP contribution in [0.1, 0.15) is 35.3 Å². The minimum absolute atomic E-state index is 0.00764. The van der Waals surface area contributed by atoms with Crippen LogP contribution in [0.15, 0.2) is 71.9 Å². The van der Waals surface area contributed by atoms with E-state index in [4.69, 9.17) is 5.14 Å². The molecule has 3 N–H and O–H groups in total. The Morgan fingerprint density at radius 1 is 1.07 bits per heavy atom. The Balaban J connectivity index is 1.77. The molecule has 8 heteroatoms. The van der Waals surface area contributed by atoms with Crippen LogP contribution in [0.25, 0.3) is 11.4 Å². The molecule has 1 unspecified atom stereocenters. The molecule has 144 valence electrons. The normalized spacial score (nSPS) is 12.4. The van der Waals surface area contributed by atoms with Gasteiger partial charge in [0.1, 0.15) is 0 Å². The van der Waals surface area contributed by atoms with E-state index in [9.17, 15) is 13.2 Å². The summed E-state index contributed by atoms with van der Waals surface area (Å²) < 4.78 is 23.1. The molecule has 0 fully saturated rings. The van der Waals surface area contributed by atoms with E-state index in [2.05, 4.69) is 15.3 Å². The molecule has 1 aromatic heterocycles. The second-order valence-electron chi connectivity index (χ2n) is 6.21. The number of nitrogens with zero attached hydrogens (tertiary/aromatic N) is 2. The molecule has 28 heavy (non-hydrogen) atoms. The fourth-order valence-corrected chi connectivity index (χ4v) is 3.32. The Bertz CT molecular complexity index is 1070. The Morgan fingerprint density at radius 3 is 2.36 bits per heavy atom. The van der Waals surface area contributed by atoms with Crippen molar-refractivity contribution in [1.29, 1.82) is 0 Å². The third-order valence-electron chi connectivity index (χ3n) is 4.25. The number of benzene rings is 2. The summed E-state index contributed by atoms with van der Waals surface area (Å²) in [5.74, 6) is 0.192. The number of nitrogens with one attached hydrogen (secondary N) is 1. The van der Waals surface area contributed by atoms with Gasteiger partial charge in [0.15, 0.2) is 5.82 Å². The highest BCUT2D eigenvalue weighted by Crippen LogP contribution is 2.20. The molecule has 7 nitrogen and oxygen atoms in total. The summed E-state index contributed by atoms with van der Waals surface area (Å²) in [4.78, 5) is 21.1. The number of carbonyl (C=O) groups excluding carboxylic acids is 1. The lowest BCUT2D eigenvalue weighted by molar-refractivity contribution is 0.0935. The highest BCUT2D eigenvalue weighted by Gasteiger charge is 2.17. The number of aromatic nitrogens is 2. The van der Waals surface area contributed by atoms with E-state index in [1.54, 1.807) is 12.1 Å². The molecule has 0 aliphatic rings. The molecule has 0 saturated heterocycles.